The van der Waals surface area contributed by atoms with E-state index in [1.165, 1.54) is 5.56 Å². The third-order valence-electron chi connectivity index (χ3n) is 3.26. The van der Waals surface area contributed by atoms with Gasteiger partial charge >= 0.3 is 0 Å². The molecule has 2 aromatic rings. The Hall–Kier alpha value is -1.81. The van der Waals surface area contributed by atoms with Crippen molar-refractivity contribution in [2.24, 2.45) is 0 Å². The van der Waals surface area contributed by atoms with Crippen LogP contribution < -0.4 is 5.32 Å². The van der Waals surface area contributed by atoms with E-state index in [1.54, 1.807) is 4.68 Å². The van der Waals surface area contributed by atoms with E-state index in [4.69, 9.17) is 5.11 Å². The van der Waals surface area contributed by atoms with Crippen LogP contribution in [-0.2, 0) is 18.5 Å². The van der Waals surface area contributed by atoms with Crippen LogP contribution in [0.1, 0.15) is 31.9 Å². The predicted molar refractivity (Wildman–Crippen MR) is 81.8 cm³/mol. The summed E-state index contributed by atoms with van der Waals surface area (Å²) in [5.74, 6) is 0. The molecule has 0 amide bonds. The van der Waals surface area contributed by atoms with Gasteiger partial charge in [-0.25, -0.2) is 0 Å². The Kier molecular flexibility index (Phi) is 4.45. The van der Waals surface area contributed by atoms with Crippen molar-refractivity contribution >= 4 is 5.69 Å². The third kappa shape index (κ3) is 3.84. The van der Waals surface area contributed by atoms with E-state index in [1.807, 2.05) is 12.4 Å². The number of rotatable bonds is 5. The molecule has 20 heavy (non-hydrogen) atoms. The minimum atomic E-state index is 0.114. The molecule has 1 aromatic heterocycles. The second-order valence-electron chi connectivity index (χ2n) is 6.02. The van der Waals surface area contributed by atoms with Gasteiger partial charge in [-0.1, -0.05) is 32.9 Å². The molecule has 2 rings (SSSR count). The van der Waals surface area contributed by atoms with E-state index in [0.29, 0.717) is 6.54 Å². The van der Waals surface area contributed by atoms with Gasteiger partial charge in [0.05, 0.1) is 19.3 Å². The standard InChI is InChI=1S/C16H23N3O/c1-16(2,3)14-4-6-15(7-5-14)17-10-13-11-18-19(12-13)8-9-20/h4-7,11-12,17,20H,8-10H2,1-3H3. The normalized spacial score (nSPS) is 11.6. The van der Waals surface area contributed by atoms with Gasteiger partial charge in [-0.2, -0.15) is 5.10 Å². The summed E-state index contributed by atoms with van der Waals surface area (Å²) in [6, 6.07) is 8.55. The fourth-order valence-electron chi connectivity index (χ4n) is 2.01. The topological polar surface area (TPSA) is 50.1 Å². The Balaban J connectivity index is 1.93. The van der Waals surface area contributed by atoms with Crippen molar-refractivity contribution in [3.8, 4) is 0 Å². The average molecular weight is 273 g/mol. The first-order valence-corrected chi connectivity index (χ1v) is 6.95. The number of nitrogens with one attached hydrogen (secondary N) is 1. The number of aliphatic hydroxyl groups is 1. The molecular formula is C16H23N3O. The highest BCUT2D eigenvalue weighted by molar-refractivity contribution is 5.46. The van der Waals surface area contributed by atoms with E-state index >= 15 is 0 Å². The second kappa shape index (κ2) is 6.09. The molecule has 1 heterocycles. The molecule has 0 spiro atoms. The Morgan fingerprint density at radius 1 is 1.20 bits per heavy atom. The van der Waals surface area contributed by atoms with E-state index in [-0.39, 0.29) is 12.0 Å². The first-order chi connectivity index (χ1) is 9.49. The summed E-state index contributed by atoms with van der Waals surface area (Å²) in [7, 11) is 0. The van der Waals surface area contributed by atoms with Crippen molar-refractivity contribution in [2.75, 3.05) is 11.9 Å². The fraction of sp³-hybridized carbons (Fsp3) is 0.438. The van der Waals surface area contributed by atoms with Crippen LogP contribution in [0, 0.1) is 0 Å². The van der Waals surface area contributed by atoms with Crippen LogP contribution in [0.5, 0.6) is 0 Å². The fourth-order valence-corrected chi connectivity index (χ4v) is 2.01. The van der Waals surface area contributed by atoms with Gasteiger partial charge in [0.2, 0.25) is 0 Å². The Morgan fingerprint density at radius 3 is 2.50 bits per heavy atom. The van der Waals surface area contributed by atoms with Crippen molar-refractivity contribution in [1.29, 1.82) is 0 Å². The molecule has 1 aromatic carbocycles. The zero-order valence-electron chi connectivity index (χ0n) is 12.4. The maximum absolute atomic E-state index is 8.85. The summed E-state index contributed by atoms with van der Waals surface area (Å²) in [4.78, 5) is 0. The van der Waals surface area contributed by atoms with Crippen molar-refractivity contribution in [3.05, 3.63) is 47.8 Å². The smallest absolute Gasteiger partial charge is 0.0640 e. The Morgan fingerprint density at radius 2 is 1.90 bits per heavy atom. The third-order valence-corrected chi connectivity index (χ3v) is 3.26. The number of hydrogen-bond acceptors (Lipinski definition) is 3. The van der Waals surface area contributed by atoms with Gasteiger partial charge in [0.1, 0.15) is 0 Å². The molecule has 108 valence electrons. The van der Waals surface area contributed by atoms with E-state index in [2.05, 4.69) is 55.5 Å². The summed E-state index contributed by atoms with van der Waals surface area (Å²) in [6.07, 6.45) is 3.78. The zero-order chi connectivity index (χ0) is 14.6. The number of hydrogen-bond donors (Lipinski definition) is 2. The number of nitrogens with zero attached hydrogens (tertiary/aromatic N) is 2. The first-order valence-electron chi connectivity index (χ1n) is 6.95. The molecule has 0 fully saturated rings. The molecule has 0 atom stereocenters. The van der Waals surface area contributed by atoms with Crippen molar-refractivity contribution in [1.82, 2.24) is 9.78 Å². The summed E-state index contributed by atoms with van der Waals surface area (Å²) in [6.45, 7) is 8.03. The predicted octanol–water partition coefficient (Wildman–Crippen LogP) is 2.79. The number of anilines is 1. The summed E-state index contributed by atoms with van der Waals surface area (Å²) >= 11 is 0. The van der Waals surface area contributed by atoms with Gasteiger partial charge in [-0.15, -0.1) is 0 Å². The van der Waals surface area contributed by atoms with Gasteiger partial charge < -0.3 is 10.4 Å². The largest absolute Gasteiger partial charge is 0.394 e. The molecule has 0 saturated heterocycles. The molecule has 0 unspecified atom stereocenters. The van der Waals surface area contributed by atoms with Gasteiger partial charge in [-0.05, 0) is 23.1 Å². The minimum Gasteiger partial charge on any atom is -0.394 e. The van der Waals surface area contributed by atoms with Gasteiger partial charge in [-0.3, -0.25) is 4.68 Å². The zero-order valence-corrected chi connectivity index (χ0v) is 12.4. The molecule has 4 heteroatoms. The maximum atomic E-state index is 8.85. The lowest BCUT2D eigenvalue weighted by Crippen LogP contribution is -2.10. The Bertz CT molecular complexity index is 538. The van der Waals surface area contributed by atoms with Crippen LogP contribution in [0.3, 0.4) is 0 Å². The van der Waals surface area contributed by atoms with Crippen LogP contribution in [0.2, 0.25) is 0 Å². The van der Waals surface area contributed by atoms with Gasteiger partial charge in [0.25, 0.3) is 0 Å². The SMILES string of the molecule is CC(C)(C)c1ccc(NCc2cnn(CCO)c2)cc1. The molecule has 0 aliphatic rings. The van der Waals surface area contributed by atoms with E-state index < -0.39 is 0 Å². The number of aromatic nitrogens is 2. The summed E-state index contributed by atoms with van der Waals surface area (Å²) in [5, 5.41) is 16.4. The highest BCUT2D eigenvalue weighted by atomic mass is 16.3. The minimum absolute atomic E-state index is 0.114. The van der Waals surface area contributed by atoms with Gasteiger partial charge in [0, 0.05) is 24.0 Å². The lowest BCUT2D eigenvalue weighted by Gasteiger charge is -2.19. The van der Waals surface area contributed by atoms with Crippen molar-refractivity contribution in [3.63, 3.8) is 0 Å². The monoisotopic (exact) mass is 273 g/mol. The van der Waals surface area contributed by atoms with Crippen LogP contribution in [0.25, 0.3) is 0 Å². The quantitative estimate of drug-likeness (QED) is 0.880. The van der Waals surface area contributed by atoms with Crippen molar-refractivity contribution < 1.29 is 5.11 Å². The molecule has 0 aliphatic carbocycles. The number of benzene rings is 1. The number of aliphatic hydroxyl groups excluding tert-OH is 1. The average Bonchev–Trinajstić information content (AvgIpc) is 2.84. The first kappa shape index (κ1) is 14.6. The molecule has 0 aliphatic heterocycles. The van der Waals surface area contributed by atoms with E-state index in [0.717, 1.165) is 17.8 Å². The van der Waals surface area contributed by atoms with Crippen LogP contribution >= 0.6 is 0 Å². The van der Waals surface area contributed by atoms with E-state index in [9.17, 15) is 0 Å². The maximum Gasteiger partial charge on any atom is 0.0640 e. The molecule has 0 bridgehead atoms. The lowest BCUT2D eigenvalue weighted by atomic mass is 9.87. The summed E-state index contributed by atoms with van der Waals surface area (Å²) < 4.78 is 1.75. The summed E-state index contributed by atoms with van der Waals surface area (Å²) in [5.41, 5.74) is 3.73. The highest BCUT2D eigenvalue weighted by Crippen LogP contribution is 2.23. The molecular weight excluding hydrogens is 250 g/mol. The highest BCUT2D eigenvalue weighted by Gasteiger charge is 2.12. The van der Waals surface area contributed by atoms with Crippen LogP contribution in [0.4, 0.5) is 5.69 Å². The van der Waals surface area contributed by atoms with Gasteiger partial charge in [0.15, 0.2) is 0 Å². The van der Waals surface area contributed by atoms with Crippen molar-refractivity contribution in [2.45, 2.75) is 39.3 Å². The lowest BCUT2D eigenvalue weighted by molar-refractivity contribution is 0.269. The molecule has 0 saturated carbocycles. The molecule has 4 nitrogen and oxygen atoms in total. The van der Waals surface area contributed by atoms with Crippen LogP contribution in [-0.4, -0.2) is 21.5 Å². The molecule has 2 N–H and O–H groups in total. The Labute approximate surface area is 120 Å². The van der Waals surface area contributed by atoms with Crippen LogP contribution in [0.15, 0.2) is 36.7 Å². The second-order valence-corrected chi connectivity index (χ2v) is 6.02. The molecule has 0 radical (unpaired) electrons.